The van der Waals surface area contributed by atoms with Gasteiger partial charge in [-0.15, -0.1) is 0 Å². The minimum Gasteiger partial charge on any atom is -0.463 e. The Kier molecular flexibility index (Phi) is 5.18. The van der Waals surface area contributed by atoms with Crippen LogP contribution in [0.4, 0.5) is 0 Å². The van der Waals surface area contributed by atoms with Gasteiger partial charge in [-0.3, -0.25) is 9.59 Å². The molecule has 42 heavy (non-hydrogen) atoms. The van der Waals surface area contributed by atoms with Crippen LogP contribution in [-0.2, 0) is 42.7 Å². The van der Waals surface area contributed by atoms with Crippen molar-refractivity contribution in [2.24, 2.45) is 71.0 Å². The summed E-state index contributed by atoms with van der Waals surface area (Å²) in [7, 11) is 0. The number of hydrogen-bond acceptors (Lipinski definition) is 9. The highest BCUT2D eigenvalue weighted by Crippen LogP contribution is 2.66. The summed E-state index contributed by atoms with van der Waals surface area (Å²) in [6.07, 6.45) is 10.9. The molecular formula is C33H42O9. The fraction of sp³-hybridized carbons (Fsp3) is 0.939. The lowest BCUT2D eigenvalue weighted by molar-refractivity contribution is -0.165. The number of fused-ring (bicyclic) bond motifs is 19. The molecule has 9 nitrogen and oxygen atoms in total. The largest absolute Gasteiger partial charge is 0.463 e. The molecule has 8 saturated carbocycles. The van der Waals surface area contributed by atoms with E-state index in [-0.39, 0.29) is 61.4 Å². The highest BCUT2D eigenvalue weighted by atomic mass is 16.6. The number of carbonyl (C=O) groups is 2. The normalized spacial score (nSPS) is 60.2. The van der Waals surface area contributed by atoms with Crippen molar-refractivity contribution in [1.82, 2.24) is 0 Å². The van der Waals surface area contributed by atoms with Gasteiger partial charge < -0.3 is 33.2 Å². The molecule has 20 unspecified atom stereocenters. The quantitative estimate of drug-likeness (QED) is 0.218. The summed E-state index contributed by atoms with van der Waals surface area (Å²) in [4.78, 5) is 26.7. The van der Waals surface area contributed by atoms with Gasteiger partial charge in [0.25, 0.3) is 0 Å². The summed E-state index contributed by atoms with van der Waals surface area (Å²) in [5.41, 5.74) is 0. The molecule has 11 rings (SSSR count). The van der Waals surface area contributed by atoms with Gasteiger partial charge in [-0.05, 0) is 92.3 Å². The van der Waals surface area contributed by atoms with Crippen LogP contribution >= 0.6 is 0 Å². The van der Waals surface area contributed by atoms with E-state index in [4.69, 9.17) is 33.2 Å². The van der Waals surface area contributed by atoms with E-state index in [1.165, 1.54) is 25.7 Å². The highest BCUT2D eigenvalue weighted by Gasteiger charge is 2.71. The minimum atomic E-state index is -0.478. The Bertz CT molecular complexity index is 1100. The van der Waals surface area contributed by atoms with Crippen molar-refractivity contribution in [3.8, 4) is 0 Å². The highest BCUT2D eigenvalue weighted by molar-refractivity contribution is 5.84. The first-order valence-corrected chi connectivity index (χ1v) is 17.1. The summed E-state index contributed by atoms with van der Waals surface area (Å²) in [5, 5.41) is 0. The standard InChI is InChI=1S/C33H42O9/c34-32(38-3-1-36-20-7-12-5-16(20)24-14(12)10-22-30(24)40-22)26-18-9-19(29-28(18)42-29)27(26)33(35)39-4-2-37-21-8-13-6-17(21)25-15(13)11-23-31(25)41-23/h12-31H,1-11H2. The van der Waals surface area contributed by atoms with E-state index in [0.29, 0.717) is 61.3 Å². The SMILES string of the molecule is O=C(OCCOC1CC2CC1C1C2CC2OC21)C1C2CC(C3OC23)C1C(=O)OCCOC1CC2CC1C1C2CC2OC21. The van der Waals surface area contributed by atoms with E-state index in [1.807, 2.05) is 0 Å². The summed E-state index contributed by atoms with van der Waals surface area (Å²) in [6.45, 7) is 1.31. The average molecular weight is 583 g/mol. The topological polar surface area (TPSA) is 109 Å². The first kappa shape index (κ1) is 25.0. The summed E-state index contributed by atoms with van der Waals surface area (Å²) < 4.78 is 41.6. The van der Waals surface area contributed by atoms with Gasteiger partial charge in [0.15, 0.2) is 0 Å². The number of hydrogen-bond donors (Lipinski definition) is 0. The smallest absolute Gasteiger partial charge is 0.310 e. The third-order valence-electron chi connectivity index (χ3n) is 14.5. The van der Waals surface area contributed by atoms with Gasteiger partial charge in [0.1, 0.15) is 13.2 Å². The van der Waals surface area contributed by atoms with Gasteiger partial charge in [0.2, 0.25) is 0 Å². The predicted octanol–water partition coefficient (Wildman–Crippen LogP) is 2.38. The summed E-state index contributed by atoms with van der Waals surface area (Å²) >= 11 is 0. The number of esters is 2. The van der Waals surface area contributed by atoms with E-state index in [2.05, 4.69) is 0 Å². The molecule has 9 heteroatoms. The maximum Gasteiger partial charge on any atom is 0.310 e. The Morgan fingerprint density at radius 3 is 1.50 bits per heavy atom. The molecular weight excluding hydrogens is 540 g/mol. The Labute approximate surface area is 245 Å². The molecule has 3 aliphatic heterocycles. The number of ether oxygens (including phenoxy) is 7. The molecule has 0 radical (unpaired) electrons. The molecule has 0 aromatic carbocycles. The van der Waals surface area contributed by atoms with Gasteiger partial charge in [-0.2, -0.15) is 0 Å². The van der Waals surface area contributed by atoms with Crippen molar-refractivity contribution >= 4 is 11.9 Å². The van der Waals surface area contributed by atoms with Crippen molar-refractivity contribution in [2.45, 2.75) is 93.8 Å². The third-order valence-corrected chi connectivity index (χ3v) is 14.5. The fourth-order valence-electron chi connectivity index (χ4n) is 13.0. The lowest BCUT2D eigenvalue weighted by atomic mass is 9.79. The molecule has 20 atom stereocenters. The molecule has 8 aliphatic carbocycles. The van der Waals surface area contributed by atoms with Gasteiger partial charge in [-0.25, -0.2) is 0 Å². The van der Waals surface area contributed by atoms with Crippen molar-refractivity contribution in [3.05, 3.63) is 0 Å². The second-order valence-electron chi connectivity index (χ2n) is 15.9. The molecule has 11 fully saturated rings. The van der Waals surface area contributed by atoms with Crippen LogP contribution < -0.4 is 0 Å². The molecule has 0 aromatic rings. The van der Waals surface area contributed by atoms with Crippen LogP contribution in [0.25, 0.3) is 0 Å². The summed E-state index contributed by atoms with van der Waals surface area (Å²) in [6, 6.07) is 0. The van der Waals surface area contributed by atoms with Crippen LogP contribution in [0.2, 0.25) is 0 Å². The van der Waals surface area contributed by atoms with Crippen molar-refractivity contribution in [2.75, 3.05) is 26.4 Å². The third kappa shape index (κ3) is 3.44. The van der Waals surface area contributed by atoms with E-state index in [1.54, 1.807) is 0 Å². The lowest BCUT2D eigenvalue weighted by Crippen LogP contribution is -2.40. The number of epoxide rings is 3. The zero-order chi connectivity index (χ0) is 27.4. The average Bonchev–Trinajstić information content (AvgIpc) is 3.72. The van der Waals surface area contributed by atoms with E-state index in [0.717, 1.165) is 42.9 Å². The van der Waals surface area contributed by atoms with Crippen molar-refractivity contribution in [1.29, 1.82) is 0 Å². The molecule has 3 saturated heterocycles. The maximum atomic E-state index is 13.3. The van der Waals surface area contributed by atoms with Crippen LogP contribution in [0.3, 0.4) is 0 Å². The Hall–Kier alpha value is -1.26. The van der Waals surface area contributed by atoms with Crippen LogP contribution in [0.15, 0.2) is 0 Å². The molecule has 3 heterocycles. The first-order chi connectivity index (χ1) is 20.6. The van der Waals surface area contributed by atoms with Gasteiger partial charge >= 0.3 is 11.9 Å². The minimum absolute atomic E-state index is 0.0560. The fourth-order valence-corrected chi connectivity index (χ4v) is 13.0. The maximum absolute atomic E-state index is 13.3. The Balaban J connectivity index is 0.668. The Morgan fingerprint density at radius 1 is 0.500 bits per heavy atom. The molecule has 228 valence electrons. The van der Waals surface area contributed by atoms with Gasteiger partial charge in [-0.1, -0.05) is 0 Å². The van der Waals surface area contributed by atoms with Crippen molar-refractivity contribution in [3.63, 3.8) is 0 Å². The number of carbonyl (C=O) groups excluding carboxylic acids is 2. The van der Waals surface area contributed by atoms with Crippen LogP contribution in [0.1, 0.15) is 44.9 Å². The van der Waals surface area contributed by atoms with Crippen LogP contribution in [0.5, 0.6) is 0 Å². The molecule has 0 N–H and O–H groups in total. The van der Waals surface area contributed by atoms with Crippen LogP contribution in [-0.4, -0.2) is 87.2 Å². The predicted molar refractivity (Wildman–Crippen MR) is 142 cm³/mol. The molecule has 0 aromatic heterocycles. The lowest BCUT2D eigenvalue weighted by Gasteiger charge is -2.32. The zero-order valence-corrected chi connectivity index (χ0v) is 24.0. The molecule has 11 aliphatic rings. The molecule has 0 spiro atoms. The monoisotopic (exact) mass is 582 g/mol. The van der Waals surface area contributed by atoms with E-state index in [9.17, 15) is 9.59 Å². The Morgan fingerprint density at radius 2 is 1.00 bits per heavy atom. The van der Waals surface area contributed by atoms with E-state index >= 15 is 0 Å². The van der Waals surface area contributed by atoms with E-state index < -0.39 is 11.8 Å². The van der Waals surface area contributed by atoms with Crippen LogP contribution in [0, 0.1) is 71.0 Å². The molecule has 0 amide bonds. The molecule has 6 bridgehead atoms. The van der Waals surface area contributed by atoms with Crippen molar-refractivity contribution < 1.29 is 42.7 Å². The summed E-state index contributed by atoms with van der Waals surface area (Å²) in [5.74, 6) is 4.44. The number of rotatable bonds is 10. The van der Waals surface area contributed by atoms with Gasteiger partial charge in [0.05, 0.1) is 73.9 Å². The second-order valence-corrected chi connectivity index (χ2v) is 15.9. The zero-order valence-electron chi connectivity index (χ0n) is 24.0. The second kappa shape index (κ2) is 8.71. The first-order valence-electron chi connectivity index (χ1n) is 17.1. The van der Waals surface area contributed by atoms with Gasteiger partial charge in [0, 0.05) is 11.8 Å².